The van der Waals surface area contributed by atoms with E-state index in [9.17, 15) is 9.59 Å². The zero-order valence-electron chi connectivity index (χ0n) is 15.6. The number of rotatable bonds is 4. The van der Waals surface area contributed by atoms with Crippen molar-refractivity contribution < 1.29 is 14.3 Å². The highest BCUT2D eigenvalue weighted by atomic mass is 16.5. The molecule has 0 aliphatic carbocycles. The fourth-order valence-corrected chi connectivity index (χ4v) is 3.54. The molecule has 6 nitrogen and oxygen atoms in total. The summed E-state index contributed by atoms with van der Waals surface area (Å²) in [7, 11) is 0. The second-order valence-corrected chi connectivity index (χ2v) is 7.11. The minimum absolute atomic E-state index is 0.0675. The molecule has 4 rings (SSSR count). The molecule has 0 fully saturated rings. The number of hydrazone groups is 1. The number of carbonyl (C=O) groups is 2. The molecule has 2 aromatic rings. The highest BCUT2D eigenvalue weighted by molar-refractivity contribution is 5.94. The van der Waals surface area contributed by atoms with Gasteiger partial charge in [-0.2, -0.15) is 5.10 Å². The molecule has 0 saturated carbocycles. The SMILES string of the molecule is O=C1CCC(CCC(=O)N2Cc3ccccc3OC(c3ccccc3)C2)=NN1. The Hall–Kier alpha value is -3.15. The summed E-state index contributed by atoms with van der Waals surface area (Å²) in [5.41, 5.74) is 5.43. The number of carbonyl (C=O) groups excluding carboxylic acids is 2. The summed E-state index contributed by atoms with van der Waals surface area (Å²) in [6, 6.07) is 17.9. The van der Waals surface area contributed by atoms with Crippen LogP contribution in [0.1, 0.15) is 42.9 Å². The van der Waals surface area contributed by atoms with E-state index in [4.69, 9.17) is 4.74 Å². The summed E-state index contributed by atoms with van der Waals surface area (Å²) < 4.78 is 6.26. The summed E-state index contributed by atoms with van der Waals surface area (Å²) in [5, 5.41) is 4.07. The van der Waals surface area contributed by atoms with Crippen LogP contribution in [0.15, 0.2) is 59.7 Å². The van der Waals surface area contributed by atoms with Crippen LogP contribution in [0.4, 0.5) is 0 Å². The topological polar surface area (TPSA) is 71.0 Å². The molecule has 2 aromatic carbocycles. The molecule has 2 aliphatic heterocycles. The second kappa shape index (κ2) is 8.25. The van der Waals surface area contributed by atoms with Crippen LogP contribution in [-0.2, 0) is 16.1 Å². The number of fused-ring (bicyclic) bond motifs is 1. The van der Waals surface area contributed by atoms with Crippen molar-refractivity contribution in [3.05, 3.63) is 65.7 Å². The number of hydrogen-bond acceptors (Lipinski definition) is 4. The number of benzene rings is 2. The molecule has 1 N–H and O–H groups in total. The quantitative estimate of drug-likeness (QED) is 0.889. The monoisotopic (exact) mass is 377 g/mol. The summed E-state index contributed by atoms with van der Waals surface area (Å²) >= 11 is 0. The molecule has 2 heterocycles. The van der Waals surface area contributed by atoms with Crippen LogP contribution >= 0.6 is 0 Å². The van der Waals surface area contributed by atoms with Crippen molar-refractivity contribution in [2.75, 3.05) is 6.54 Å². The molecule has 144 valence electrons. The zero-order chi connectivity index (χ0) is 19.3. The van der Waals surface area contributed by atoms with E-state index in [2.05, 4.69) is 10.5 Å². The van der Waals surface area contributed by atoms with Gasteiger partial charge in [0.05, 0.1) is 6.54 Å². The zero-order valence-corrected chi connectivity index (χ0v) is 15.6. The maximum atomic E-state index is 13.0. The van der Waals surface area contributed by atoms with Gasteiger partial charge in [-0.1, -0.05) is 48.5 Å². The predicted molar refractivity (Wildman–Crippen MR) is 106 cm³/mol. The van der Waals surface area contributed by atoms with Crippen LogP contribution in [-0.4, -0.2) is 29.0 Å². The second-order valence-electron chi connectivity index (χ2n) is 7.11. The Labute approximate surface area is 164 Å². The number of nitrogens with zero attached hydrogens (tertiary/aromatic N) is 2. The molecular formula is C22H23N3O3. The van der Waals surface area contributed by atoms with Crippen molar-refractivity contribution in [1.82, 2.24) is 10.3 Å². The highest BCUT2D eigenvalue weighted by Crippen LogP contribution is 2.31. The lowest BCUT2D eigenvalue weighted by molar-refractivity contribution is -0.132. The van der Waals surface area contributed by atoms with Crippen LogP contribution < -0.4 is 10.2 Å². The van der Waals surface area contributed by atoms with Crippen LogP contribution in [0, 0.1) is 0 Å². The fraction of sp³-hybridized carbons (Fsp3) is 0.318. The van der Waals surface area contributed by atoms with Crippen molar-refractivity contribution in [2.45, 2.75) is 38.3 Å². The van der Waals surface area contributed by atoms with E-state index >= 15 is 0 Å². The Morgan fingerprint density at radius 1 is 1.11 bits per heavy atom. The van der Waals surface area contributed by atoms with Crippen molar-refractivity contribution >= 4 is 17.5 Å². The molecule has 2 amide bonds. The average molecular weight is 377 g/mol. The minimum Gasteiger partial charge on any atom is -0.484 e. The minimum atomic E-state index is -0.208. The number of para-hydroxylation sites is 1. The van der Waals surface area contributed by atoms with Crippen LogP contribution in [0.3, 0.4) is 0 Å². The van der Waals surface area contributed by atoms with Gasteiger partial charge >= 0.3 is 0 Å². The van der Waals surface area contributed by atoms with E-state index in [0.717, 1.165) is 22.6 Å². The van der Waals surface area contributed by atoms with Crippen molar-refractivity contribution in [3.63, 3.8) is 0 Å². The predicted octanol–water partition coefficient (Wildman–Crippen LogP) is 3.20. The van der Waals surface area contributed by atoms with E-state index in [1.807, 2.05) is 59.5 Å². The maximum Gasteiger partial charge on any atom is 0.240 e. The third kappa shape index (κ3) is 4.22. The van der Waals surface area contributed by atoms with Gasteiger partial charge in [-0.25, -0.2) is 5.43 Å². The molecule has 0 spiro atoms. The van der Waals surface area contributed by atoms with Crippen molar-refractivity contribution in [3.8, 4) is 5.75 Å². The lowest BCUT2D eigenvalue weighted by atomic mass is 10.1. The largest absolute Gasteiger partial charge is 0.484 e. The van der Waals surface area contributed by atoms with Gasteiger partial charge in [0.1, 0.15) is 11.9 Å². The Morgan fingerprint density at radius 3 is 2.68 bits per heavy atom. The molecule has 0 radical (unpaired) electrons. The Morgan fingerprint density at radius 2 is 1.89 bits per heavy atom. The first-order valence-corrected chi connectivity index (χ1v) is 9.60. The standard InChI is InChI=1S/C22H23N3O3/c26-21-12-10-18(23-24-21)11-13-22(27)25-14-17-8-4-5-9-19(17)28-20(15-25)16-6-2-1-3-7-16/h1-9,20H,10-15H2,(H,24,26). The Bertz CT molecular complexity index is 895. The average Bonchev–Trinajstić information content (AvgIpc) is 2.93. The van der Waals surface area contributed by atoms with Gasteiger partial charge in [-0.05, 0) is 24.5 Å². The molecule has 6 heteroatoms. The van der Waals surface area contributed by atoms with Gasteiger partial charge < -0.3 is 9.64 Å². The molecule has 0 bridgehead atoms. The normalized spacial score (nSPS) is 19.0. The van der Waals surface area contributed by atoms with E-state index in [1.165, 1.54) is 0 Å². The molecule has 0 aromatic heterocycles. The van der Waals surface area contributed by atoms with Crippen molar-refractivity contribution in [1.29, 1.82) is 0 Å². The molecule has 1 unspecified atom stereocenters. The van der Waals surface area contributed by atoms with E-state index in [1.54, 1.807) is 0 Å². The van der Waals surface area contributed by atoms with Gasteiger partial charge in [0.15, 0.2) is 0 Å². The maximum absolute atomic E-state index is 13.0. The van der Waals surface area contributed by atoms with Gasteiger partial charge in [0.25, 0.3) is 0 Å². The number of hydrogen-bond donors (Lipinski definition) is 1. The van der Waals surface area contributed by atoms with Gasteiger partial charge in [-0.15, -0.1) is 0 Å². The third-order valence-corrected chi connectivity index (χ3v) is 5.12. The molecule has 28 heavy (non-hydrogen) atoms. The van der Waals surface area contributed by atoms with Gasteiger partial charge in [-0.3, -0.25) is 9.59 Å². The van der Waals surface area contributed by atoms with Crippen LogP contribution in [0.2, 0.25) is 0 Å². The van der Waals surface area contributed by atoms with E-state index in [0.29, 0.717) is 38.8 Å². The lowest BCUT2D eigenvalue weighted by Crippen LogP contribution is -2.34. The summed E-state index contributed by atoms with van der Waals surface area (Å²) in [4.78, 5) is 26.1. The molecular weight excluding hydrogens is 354 g/mol. The number of nitrogens with one attached hydrogen (secondary N) is 1. The summed E-state index contributed by atoms with van der Waals surface area (Å²) in [6.07, 6.45) is 1.79. The molecule has 1 atom stereocenters. The molecule has 0 saturated heterocycles. The van der Waals surface area contributed by atoms with Crippen LogP contribution in [0.5, 0.6) is 5.75 Å². The van der Waals surface area contributed by atoms with Crippen LogP contribution in [0.25, 0.3) is 0 Å². The summed E-state index contributed by atoms with van der Waals surface area (Å²) in [5.74, 6) is 0.828. The van der Waals surface area contributed by atoms with E-state index in [-0.39, 0.29) is 17.9 Å². The lowest BCUT2D eigenvalue weighted by Gasteiger charge is -2.25. The van der Waals surface area contributed by atoms with Crippen molar-refractivity contribution in [2.24, 2.45) is 5.10 Å². The smallest absolute Gasteiger partial charge is 0.240 e. The summed E-state index contributed by atoms with van der Waals surface area (Å²) in [6.45, 7) is 1.03. The fourth-order valence-electron chi connectivity index (χ4n) is 3.54. The van der Waals surface area contributed by atoms with Gasteiger partial charge in [0.2, 0.25) is 11.8 Å². The van der Waals surface area contributed by atoms with E-state index < -0.39 is 0 Å². The number of amides is 2. The highest BCUT2D eigenvalue weighted by Gasteiger charge is 2.27. The first-order valence-electron chi connectivity index (χ1n) is 9.60. The first kappa shape index (κ1) is 18.2. The number of ether oxygens (including phenoxy) is 1. The Balaban J connectivity index is 1.50. The first-order chi connectivity index (χ1) is 13.7. The van der Waals surface area contributed by atoms with Gasteiger partial charge in [0, 0.05) is 30.7 Å². The molecule has 2 aliphatic rings. The third-order valence-electron chi connectivity index (χ3n) is 5.12. The Kier molecular flexibility index (Phi) is 5.37.